The maximum Gasteiger partial charge on any atom is 0.340 e. The van der Waals surface area contributed by atoms with Crippen molar-refractivity contribution in [3.05, 3.63) is 52.7 Å². The number of halogens is 1. The highest BCUT2D eigenvalue weighted by Crippen LogP contribution is 2.37. The molecule has 2 aromatic carbocycles. The van der Waals surface area contributed by atoms with Crippen molar-refractivity contribution in [2.24, 2.45) is 0 Å². The molecular formula is C18H14ClNO3. The van der Waals surface area contributed by atoms with E-state index in [9.17, 15) is 4.79 Å². The van der Waals surface area contributed by atoms with Gasteiger partial charge < -0.3 is 14.5 Å². The van der Waals surface area contributed by atoms with E-state index in [2.05, 4.69) is 11.1 Å². The lowest BCUT2D eigenvalue weighted by Crippen LogP contribution is -1.99. The van der Waals surface area contributed by atoms with Gasteiger partial charge in [0, 0.05) is 29.1 Å². The Hall–Kier alpha value is -2.46. The second kappa shape index (κ2) is 5.32. The first-order chi connectivity index (χ1) is 11.2. The summed E-state index contributed by atoms with van der Waals surface area (Å²) in [5, 5.41) is 1.41. The molecule has 0 aliphatic carbocycles. The normalized spacial score (nSPS) is 13.0. The van der Waals surface area contributed by atoms with Crippen molar-refractivity contribution >= 4 is 28.5 Å². The largest absolute Gasteiger partial charge is 0.493 e. The zero-order valence-electron chi connectivity index (χ0n) is 12.5. The molecule has 5 heteroatoms. The Labute approximate surface area is 138 Å². The quantitative estimate of drug-likeness (QED) is 0.717. The van der Waals surface area contributed by atoms with Crippen LogP contribution in [0.2, 0.25) is 5.02 Å². The van der Waals surface area contributed by atoms with Gasteiger partial charge in [0.15, 0.2) is 0 Å². The number of fused-ring (bicyclic) bond motifs is 2. The number of hydrogen-bond donors (Lipinski definition) is 1. The molecule has 0 saturated carbocycles. The van der Waals surface area contributed by atoms with Crippen molar-refractivity contribution in [1.29, 1.82) is 0 Å². The molecule has 3 aromatic rings. The highest BCUT2D eigenvalue weighted by molar-refractivity contribution is 6.34. The van der Waals surface area contributed by atoms with Crippen molar-refractivity contribution < 1.29 is 14.3 Å². The minimum Gasteiger partial charge on any atom is -0.493 e. The van der Waals surface area contributed by atoms with Crippen LogP contribution >= 0.6 is 11.6 Å². The van der Waals surface area contributed by atoms with Crippen LogP contribution in [-0.2, 0) is 11.2 Å². The highest BCUT2D eigenvalue weighted by Gasteiger charge is 2.17. The Kier molecular flexibility index (Phi) is 3.27. The summed E-state index contributed by atoms with van der Waals surface area (Å²) < 4.78 is 10.5. The van der Waals surface area contributed by atoms with Crippen LogP contribution in [0.4, 0.5) is 0 Å². The van der Waals surface area contributed by atoms with Gasteiger partial charge in [0.2, 0.25) is 0 Å². The Balaban J connectivity index is 1.89. The van der Waals surface area contributed by atoms with Crippen molar-refractivity contribution in [1.82, 2.24) is 4.98 Å². The molecule has 4 rings (SSSR count). The van der Waals surface area contributed by atoms with Gasteiger partial charge in [-0.2, -0.15) is 0 Å². The third kappa shape index (κ3) is 2.26. The third-order valence-corrected chi connectivity index (χ3v) is 4.49. The van der Waals surface area contributed by atoms with Crippen molar-refractivity contribution in [2.75, 3.05) is 13.7 Å². The van der Waals surface area contributed by atoms with Gasteiger partial charge in [-0.25, -0.2) is 4.79 Å². The highest BCUT2D eigenvalue weighted by atomic mass is 35.5. The number of esters is 1. The van der Waals surface area contributed by atoms with E-state index >= 15 is 0 Å². The van der Waals surface area contributed by atoms with Gasteiger partial charge in [-0.05, 0) is 29.3 Å². The first-order valence-electron chi connectivity index (χ1n) is 7.32. The molecule has 23 heavy (non-hydrogen) atoms. The summed E-state index contributed by atoms with van der Waals surface area (Å²) in [5.74, 6) is 0.530. The van der Waals surface area contributed by atoms with E-state index in [1.165, 1.54) is 12.7 Å². The van der Waals surface area contributed by atoms with Crippen molar-refractivity contribution in [3.8, 4) is 16.9 Å². The van der Waals surface area contributed by atoms with Gasteiger partial charge in [0.25, 0.3) is 0 Å². The average Bonchev–Trinajstić information content (AvgIpc) is 3.18. The molecule has 0 amide bonds. The number of carbonyl (C=O) groups is 1. The van der Waals surface area contributed by atoms with Crippen LogP contribution < -0.4 is 4.74 Å². The molecule has 0 bridgehead atoms. The molecule has 0 saturated heterocycles. The van der Waals surface area contributed by atoms with E-state index in [4.69, 9.17) is 21.1 Å². The molecular weight excluding hydrogens is 314 g/mol. The fourth-order valence-corrected chi connectivity index (χ4v) is 3.25. The summed E-state index contributed by atoms with van der Waals surface area (Å²) in [7, 11) is 1.37. The molecule has 116 valence electrons. The molecule has 0 radical (unpaired) electrons. The van der Waals surface area contributed by atoms with E-state index in [0.717, 1.165) is 40.8 Å². The zero-order chi connectivity index (χ0) is 16.0. The number of benzene rings is 2. The first-order valence-corrected chi connectivity index (χ1v) is 7.70. The van der Waals surface area contributed by atoms with Gasteiger partial charge in [0.05, 0.1) is 24.3 Å². The molecule has 0 unspecified atom stereocenters. The molecule has 0 fully saturated rings. The fraction of sp³-hybridized carbons (Fsp3) is 0.167. The Bertz CT molecular complexity index is 929. The maximum atomic E-state index is 11.9. The molecule has 2 heterocycles. The molecule has 4 nitrogen and oxygen atoms in total. The van der Waals surface area contributed by atoms with Gasteiger partial charge in [0.1, 0.15) is 5.75 Å². The summed E-state index contributed by atoms with van der Waals surface area (Å²) in [4.78, 5) is 14.9. The van der Waals surface area contributed by atoms with Gasteiger partial charge in [-0.3, -0.25) is 0 Å². The predicted molar refractivity (Wildman–Crippen MR) is 89.3 cm³/mol. The van der Waals surface area contributed by atoms with Crippen LogP contribution in [0.25, 0.3) is 22.0 Å². The molecule has 1 aliphatic heterocycles. The zero-order valence-corrected chi connectivity index (χ0v) is 13.2. The van der Waals surface area contributed by atoms with Gasteiger partial charge >= 0.3 is 5.97 Å². The summed E-state index contributed by atoms with van der Waals surface area (Å²) in [5.41, 5.74) is 4.34. The number of ether oxygens (including phenoxy) is 2. The second-order valence-corrected chi connectivity index (χ2v) is 5.90. The summed E-state index contributed by atoms with van der Waals surface area (Å²) in [6.07, 6.45) is 2.58. The average molecular weight is 328 g/mol. The van der Waals surface area contributed by atoms with Crippen LogP contribution in [0.1, 0.15) is 15.9 Å². The fourth-order valence-electron chi connectivity index (χ4n) is 2.98. The van der Waals surface area contributed by atoms with Crippen LogP contribution in [0.5, 0.6) is 5.75 Å². The van der Waals surface area contributed by atoms with E-state index in [-0.39, 0.29) is 5.97 Å². The smallest absolute Gasteiger partial charge is 0.340 e. The van der Waals surface area contributed by atoms with Crippen molar-refractivity contribution in [2.45, 2.75) is 6.42 Å². The number of rotatable bonds is 2. The number of nitrogens with one attached hydrogen (secondary N) is 1. The molecule has 0 atom stereocenters. The minimum absolute atomic E-state index is 0.373. The van der Waals surface area contributed by atoms with Crippen LogP contribution in [-0.4, -0.2) is 24.7 Å². The van der Waals surface area contributed by atoms with Crippen molar-refractivity contribution in [3.63, 3.8) is 0 Å². The number of methoxy groups -OCH3 is 1. The number of aromatic amines is 1. The van der Waals surface area contributed by atoms with Crippen LogP contribution in [0, 0.1) is 0 Å². The SMILES string of the molecule is COC(=O)c1c[nH]c2cc(Cl)c(-c3ccc4c(c3)OCC4)cc12. The Morgan fingerprint density at radius 3 is 3.00 bits per heavy atom. The molecule has 0 spiro atoms. The van der Waals surface area contributed by atoms with E-state index in [1.54, 1.807) is 6.20 Å². The minimum atomic E-state index is -0.373. The standard InChI is InChI=1S/C18H14ClNO3/c1-22-18(21)14-9-20-16-8-15(19)12(7-13(14)16)11-3-2-10-4-5-23-17(10)6-11/h2-3,6-9,20H,4-5H2,1H3. The predicted octanol–water partition coefficient (Wildman–Crippen LogP) is 4.21. The molecule has 1 aliphatic rings. The first kappa shape index (κ1) is 14.2. The number of aromatic nitrogens is 1. The molecule has 1 aromatic heterocycles. The van der Waals surface area contributed by atoms with E-state index in [1.807, 2.05) is 24.3 Å². The summed E-state index contributed by atoms with van der Waals surface area (Å²) in [6, 6.07) is 9.84. The summed E-state index contributed by atoms with van der Waals surface area (Å²) in [6.45, 7) is 0.718. The third-order valence-electron chi connectivity index (χ3n) is 4.18. The number of H-pyrrole nitrogens is 1. The van der Waals surface area contributed by atoms with Gasteiger partial charge in [-0.15, -0.1) is 0 Å². The lowest BCUT2D eigenvalue weighted by atomic mass is 10.0. The number of carbonyl (C=O) groups excluding carboxylic acids is 1. The topological polar surface area (TPSA) is 51.3 Å². The Morgan fingerprint density at radius 1 is 1.30 bits per heavy atom. The lowest BCUT2D eigenvalue weighted by molar-refractivity contribution is 0.0603. The monoisotopic (exact) mass is 327 g/mol. The summed E-state index contributed by atoms with van der Waals surface area (Å²) >= 11 is 6.43. The van der Waals surface area contributed by atoms with Gasteiger partial charge in [-0.1, -0.05) is 23.7 Å². The van der Waals surface area contributed by atoms with Crippen LogP contribution in [0.3, 0.4) is 0 Å². The second-order valence-electron chi connectivity index (χ2n) is 5.49. The van der Waals surface area contributed by atoms with Crippen LogP contribution in [0.15, 0.2) is 36.5 Å². The van der Waals surface area contributed by atoms with E-state index < -0.39 is 0 Å². The Morgan fingerprint density at radius 2 is 2.17 bits per heavy atom. The number of hydrogen-bond acceptors (Lipinski definition) is 3. The lowest BCUT2D eigenvalue weighted by Gasteiger charge is -2.08. The van der Waals surface area contributed by atoms with E-state index in [0.29, 0.717) is 10.6 Å². The molecule has 1 N–H and O–H groups in total. The maximum absolute atomic E-state index is 11.9.